The highest BCUT2D eigenvalue weighted by Gasteiger charge is 2.22. The average molecular weight is 271 g/mol. The molecule has 0 spiro atoms. The Morgan fingerprint density at radius 1 is 1.10 bits per heavy atom. The summed E-state index contributed by atoms with van der Waals surface area (Å²) >= 11 is 0. The lowest BCUT2D eigenvalue weighted by atomic mass is 9.77. The van der Waals surface area contributed by atoms with Gasteiger partial charge in [-0.2, -0.15) is 5.26 Å². The molecular weight excluding hydrogens is 246 g/mol. The Hall–Kier alpha value is -1.43. The molecule has 3 nitrogen and oxygen atoms in total. The van der Waals surface area contributed by atoms with Crippen molar-refractivity contribution in [3.05, 3.63) is 23.8 Å². The van der Waals surface area contributed by atoms with Gasteiger partial charge in [-0.05, 0) is 43.1 Å². The maximum absolute atomic E-state index is 8.72. The molecule has 0 radical (unpaired) electrons. The first-order valence-corrected chi connectivity index (χ1v) is 8.05. The van der Waals surface area contributed by atoms with Crippen molar-refractivity contribution in [2.45, 2.75) is 70.6 Å². The number of hydrogen-bond acceptors (Lipinski definition) is 3. The third kappa shape index (κ3) is 4.30. The molecule has 0 aliphatic heterocycles. The second kappa shape index (κ2) is 7.99. The van der Waals surface area contributed by atoms with Crippen molar-refractivity contribution >= 4 is 0 Å². The van der Waals surface area contributed by atoms with Crippen LogP contribution < -0.4 is 0 Å². The molecular formula is C17H25N3. The molecule has 1 aliphatic rings. The van der Waals surface area contributed by atoms with Crippen molar-refractivity contribution in [1.82, 2.24) is 9.97 Å². The Balaban J connectivity index is 1.74. The van der Waals surface area contributed by atoms with E-state index in [0.717, 1.165) is 5.92 Å². The van der Waals surface area contributed by atoms with Gasteiger partial charge >= 0.3 is 0 Å². The van der Waals surface area contributed by atoms with E-state index in [2.05, 4.69) is 16.9 Å². The van der Waals surface area contributed by atoms with Crippen LogP contribution in [0.4, 0.5) is 0 Å². The molecule has 0 amide bonds. The van der Waals surface area contributed by atoms with Crippen LogP contribution in [0.3, 0.4) is 0 Å². The SMILES string of the molecule is CCCCCC[C@H]1CC[C@H](c2cnc(C#N)nc2)CC1. The number of unbranched alkanes of at least 4 members (excludes halogenated alkanes) is 3. The Morgan fingerprint density at radius 2 is 1.80 bits per heavy atom. The minimum absolute atomic E-state index is 0.276. The monoisotopic (exact) mass is 271 g/mol. The van der Waals surface area contributed by atoms with E-state index in [1.165, 1.54) is 63.4 Å². The van der Waals surface area contributed by atoms with E-state index in [0.29, 0.717) is 5.92 Å². The van der Waals surface area contributed by atoms with Gasteiger partial charge in [0, 0.05) is 12.4 Å². The molecule has 1 fully saturated rings. The lowest BCUT2D eigenvalue weighted by Crippen LogP contribution is -2.14. The smallest absolute Gasteiger partial charge is 0.227 e. The molecule has 0 bridgehead atoms. The van der Waals surface area contributed by atoms with Crippen molar-refractivity contribution in [2.24, 2.45) is 5.92 Å². The van der Waals surface area contributed by atoms with E-state index in [9.17, 15) is 0 Å². The Kier molecular flexibility index (Phi) is 5.98. The average Bonchev–Trinajstić information content (AvgIpc) is 2.52. The summed E-state index contributed by atoms with van der Waals surface area (Å²) in [5.41, 5.74) is 1.22. The highest BCUT2D eigenvalue weighted by Crippen LogP contribution is 2.37. The highest BCUT2D eigenvalue weighted by molar-refractivity contribution is 5.17. The van der Waals surface area contributed by atoms with Crippen LogP contribution in [-0.4, -0.2) is 9.97 Å². The van der Waals surface area contributed by atoms with Gasteiger partial charge in [-0.1, -0.05) is 39.0 Å². The molecule has 20 heavy (non-hydrogen) atoms. The summed E-state index contributed by atoms with van der Waals surface area (Å²) in [4.78, 5) is 8.18. The fraction of sp³-hybridized carbons (Fsp3) is 0.706. The number of hydrogen-bond donors (Lipinski definition) is 0. The summed E-state index contributed by atoms with van der Waals surface area (Å²) in [5, 5.41) is 8.72. The predicted molar refractivity (Wildman–Crippen MR) is 80.2 cm³/mol. The van der Waals surface area contributed by atoms with Gasteiger partial charge < -0.3 is 0 Å². The van der Waals surface area contributed by atoms with E-state index in [1.54, 1.807) is 0 Å². The minimum Gasteiger partial charge on any atom is -0.227 e. The third-order valence-electron chi connectivity index (χ3n) is 4.56. The number of rotatable bonds is 6. The van der Waals surface area contributed by atoms with Crippen LogP contribution in [0.25, 0.3) is 0 Å². The van der Waals surface area contributed by atoms with Gasteiger partial charge in [0.15, 0.2) is 0 Å². The first-order valence-electron chi connectivity index (χ1n) is 8.05. The topological polar surface area (TPSA) is 49.6 Å². The van der Waals surface area contributed by atoms with E-state index < -0.39 is 0 Å². The van der Waals surface area contributed by atoms with Crippen LogP contribution >= 0.6 is 0 Å². The van der Waals surface area contributed by atoms with E-state index in [1.807, 2.05) is 18.5 Å². The van der Waals surface area contributed by atoms with Crippen LogP contribution in [-0.2, 0) is 0 Å². The molecule has 1 heterocycles. The molecule has 0 saturated heterocycles. The zero-order chi connectivity index (χ0) is 14.2. The van der Waals surface area contributed by atoms with E-state index in [4.69, 9.17) is 5.26 Å². The first kappa shape index (κ1) is 15.0. The minimum atomic E-state index is 0.276. The summed E-state index contributed by atoms with van der Waals surface area (Å²) in [5.74, 6) is 1.82. The molecule has 1 saturated carbocycles. The maximum atomic E-state index is 8.72. The standard InChI is InChI=1S/C17H25N3/c1-2-3-4-5-6-14-7-9-15(10-8-14)16-12-19-17(11-18)20-13-16/h12-15H,2-10H2,1H3/t14-,15-. The molecule has 2 rings (SSSR count). The van der Waals surface area contributed by atoms with Gasteiger partial charge in [-0.15, -0.1) is 0 Å². The van der Waals surface area contributed by atoms with Crippen molar-refractivity contribution < 1.29 is 0 Å². The second-order valence-corrected chi connectivity index (χ2v) is 6.02. The molecule has 1 aromatic rings. The van der Waals surface area contributed by atoms with Gasteiger partial charge in [-0.3, -0.25) is 0 Å². The molecule has 0 N–H and O–H groups in total. The van der Waals surface area contributed by atoms with Crippen molar-refractivity contribution in [3.63, 3.8) is 0 Å². The number of nitriles is 1. The van der Waals surface area contributed by atoms with Gasteiger partial charge in [0.25, 0.3) is 0 Å². The van der Waals surface area contributed by atoms with Crippen molar-refractivity contribution in [3.8, 4) is 6.07 Å². The van der Waals surface area contributed by atoms with Crippen LogP contribution in [0, 0.1) is 17.2 Å². The lowest BCUT2D eigenvalue weighted by Gasteiger charge is -2.28. The molecule has 0 atom stereocenters. The molecule has 0 aromatic carbocycles. The molecule has 1 aromatic heterocycles. The van der Waals surface area contributed by atoms with Crippen LogP contribution in [0.5, 0.6) is 0 Å². The van der Waals surface area contributed by atoms with E-state index >= 15 is 0 Å². The zero-order valence-electron chi connectivity index (χ0n) is 12.5. The van der Waals surface area contributed by atoms with Crippen molar-refractivity contribution in [1.29, 1.82) is 5.26 Å². The molecule has 0 unspecified atom stereocenters. The summed E-state index contributed by atoms with van der Waals surface area (Å²) < 4.78 is 0. The predicted octanol–water partition coefficient (Wildman–Crippen LogP) is 4.59. The maximum Gasteiger partial charge on any atom is 0.232 e. The van der Waals surface area contributed by atoms with Crippen LogP contribution in [0.15, 0.2) is 12.4 Å². The molecule has 108 valence electrons. The summed E-state index contributed by atoms with van der Waals surface area (Å²) in [6.45, 7) is 2.27. The van der Waals surface area contributed by atoms with Gasteiger partial charge in [0.2, 0.25) is 5.82 Å². The summed E-state index contributed by atoms with van der Waals surface area (Å²) in [6, 6.07) is 1.98. The highest BCUT2D eigenvalue weighted by atomic mass is 14.9. The fourth-order valence-electron chi connectivity index (χ4n) is 3.25. The zero-order valence-corrected chi connectivity index (χ0v) is 12.5. The van der Waals surface area contributed by atoms with Gasteiger partial charge in [0.05, 0.1) is 0 Å². The Morgan fingerprint density at radius 3 is 2.40 bits per heavy atom. The fourth-order valence-corrected chi connectivity index (χ4v) is 3.25. The normalized spacial score (nSPS) is 22.4. The largest absolute Gasteiger partial charge is 0.232 e. The van der Waals surface area contributed by atoms with E-state index in [-0.39, 0.29) is 5.82 Å². The molecule has 3 heteroatoms. The quantitative estimate of drug-likeness (QED) is 0.711. The Bertz CT molecular complexity index is 425. The van der Waals surface area contributed by atoms with Gasteiger partial charge in [-0.25, -0.2) is 9.97 Å². The number of aromatic nitrogens is 2. The summed E-state index contributed by atoms with van der Waals surface area (Å²) in [6.07, 6.45) is 15.8. The number of nitrogens with zero attached hydrogens (tertiary/aromatic N) is 3. The summed E-state index contributed by atoms with van der Waals surface area (Å²) in [7, 11) is 0. The van der Waals surface area contributed by atoms with Crippen LogP contribution in [0.2, 0.25) is 0 Å². The van der Waals surface area contributed by atoms with Crippen LogP contribution in [0.1, 0.15) is 82.0 Å². The van der Waals surface area contributed by atoms with Gasteiger partial charge in [0.1, 0.15) is 6.07 Å². The second-order valence-electron chi connectivity index (χ2n) is 6.02. The lowest BCUT2D eigenvalue weighted by molar-refractivity contribution is 0.301. The third-order valence-corrected chi connectivity index (χ3v) is 4.56. The van der Waals surface area contributed by atoms with Crippen molar-refractivity contribution in [2.75, 3.05) is 0 Å². The first-order chi connectivity index (χ1) is 9.83. The Labute approximate surface area is 122 Å². The molecule has 1 aliphatic carbocycles.